The molecule has 0 aromatic heterocycles. The van der Waals surface area contributed by atoms with Crippen molar-refractivity contribution in [2.75, 3.05) is 13.7 Å². The van der Waals surface area contributed by atoms with E-state index in [0.29, 0.717) is 27.1 Å². The van der Waals surface area contributed by atoms with Crippen LogP contribution in [0.15, 0.2) is 36.4 Å². The lowest BCUT2D eigenvalue weighted by Gasteiger charge is -2.12. The number of ether oxygens (including phenoxy) is 2. The van der Waals surface area contributed by atoms with Gasteiger partial charge in [0.1, 0.15) is 0 Å². The van der Waals surface area contributed by atoms with Crippen LogP contribution < -0.4 is 20.5 Å². The summed E-state index contributed by atoms with van der Waals surface area (Å²) in [4.78, 5) is 23.0. The van der Waals surface area contributed by atoms with E-state index in [-0.39, 0.29) is 19.1 Å². The van der Waals surface area contributed by atoms with Gasteiger partial charge < -0.3 is 20.5 Å². The van der Waals surface area contributed by atoms with E-state index in [0.717, 1.165) is 5.56 Å². The number of nitrogens with two attached hydrogens (primary N) is 1. The Hall–Kier alpha value is -2.44. The lowest BCUT2D eigenvalue weighted by atomic mass is 10.1. The van der Waals surface area contributed by atoms with Crippen molar-refractivity contribution < 1.29 is 19.1 Å². The van der Waals surface area contributed by atoms with Crippen LogP contribution in [0.4, 0.5) is 0 Å². The fourth-order valence-corrected chi connectivity index (χ4v) is 2.59. The van der Waals surface area contributed by atoms with Gasteiger partial charge >= 0.3 is 0 Å². The molecule has 0 heterocycles. The quantitative estimate of drug-likeness (QED) is 0.769. The minimum absolute atomic E-state index is 0.248. The summed E-state index contributed by atoms with van der Waals surface area (Å²) in [7, 11) is 1.47. The van der Waals surface area contributed by atoms with Crippen LogP contribution in [0, 0.1) is 0 Å². The lowest BCUT2D eigenvalue weighted by Crippen LogP contribution is -2.23. The third-order valence-electron chi connectivity index (χ3n) is 3.18. The van der Waals surface area contributed by atoms with Gasteiger partial charge in [0.25, 0.3) is 11.8 Å². The maximum atomic E-state index is 12.2. The number of benzene rings is 2. The van der Waals surface area contributed by atoms with Crippen LogP contribution in [0.25, 0.3) is 0 Å². The molecule has 2 rings (SSSR count). The fraction of sp³-hybridized carbons (Fsp3) is 0.176. The number of methoxy groups -OCH3 is 1. The van der Waals surface area contributed by atoms with E-state index in [1.807, 2.05) is 0 Å². The van der Waals surface area contributed by atoms with E-state index in [2.05, 4.69) is 5.32 Å². The summed E-state index contributed by atoms with van der Waals surface area (Å²) < 4.78 is 10.5. The average molecular weight is 383 g/mol. The minimum Gasteiger partial charge on any atom is -0.493 e. The van der Waals surface area contributed by atoms with Crippen molar-refractivity contribution in [2.24, 2.45) is 5.73 Å². The van der Waals surface area contributed by atoms with Crippen LogP contribution in [-0.2, 0) is 11.3 Å². The molecular weight excluding hydrogens is 367 g/mol. The third-order valence-corrected chi connectivity index (χ3v) is 3.61. The van der Waals surface area contributed by atoms with Crippen LogP contribution in [0.3, 0.4) is 0 Å². The predicted molar refractivity (Wildman–Crippen MR) is 95.3 cm³/mol. The molecule has 0 fully saturated rings. The predicted octanol–water partition coefficient (Wildman–Crippen LogP) is 2.80. The lowest BCUT2D eigenvalue weighted by molar-refractivity contribution is -0.119. The molecule has 2 aromatic carbocycles. The topological polar surface area (TPSA) is 90.7 Å². The van der Waals surface area contributed by atoms with E-state index >= 15 is 0 Å². The number of hydrogen-bond acceptors (Lipinski definition) is 4. The molecule has 0 saturated heterocycles. The van der Waals surface area contributed by atoms with Crippen LogP contribution in [-0.4, -0.2) is 25.5 Å². The first-order chi connectivity index (χ1) is 11.9. The Labute approximate surface area is 154 Å². The molecule has 0 aliphatic heterocycles. The average Bonchev–Trinajstić information content (AvgIpc) is 2.57. The van der Waals surface area contributed by atoms with Crippen LogP contribution in [0.5, 0.6) is 11.5 Å². The Bertz CT molecular complexity index is 776. The zero-order valence-corrected chi connectivity index (χ0v) is 14.9. The summed E-state index contributed by atoms with van der Waals surface area (Å²) in [5.41, 5.74) is 6.20. The second-order valence-electron chi connectivity index (χ2n) is 5.08. The molecule has 0 bridgehead atoms. The van der Waals surface area contributed by atoms with Crippen LogP contribution in [0.1, 0.15) is 15.9 Å². The molecule has 0 spiro atoms. The second kappa shape index (κ2) is 8.60. The number of primary amides is 1. The highest BCUT2D eigenvalue weighted by atomic mass is 35.5. The highest BCUT2D eigenvalue weighted by Gasteiger charge is 2.10. The maximum Gasteiger partial charge on any atom is 0.255 e. The van der Waals surface area contributed by atoms with Crippen molar-refractivity contribution in [2.45, 2.75) is 6.54 Å². The molecule has 0 aliphatic carbocycles. The second-order valence-corrected chi connectivity index (χ2v) is 5.95. The Balaban J connectivity index is 2.04. The van der Waals surface area contributed by atoms with Gasteiger partial charge in [0.15, 0.2) is 18.1 Å². The summed E-state index contributed by atoms with van der Waals surface area (Å²) in [6.45, 7) is 0.0113. The van der Waals surface area contributed by atoms with Gasteiger partial charge in [-0.2, -0.15) is 0 Å². The number of carbonyl (C=O) groups excluding carboxylic acids is 2. The molecule has 0 unspecified atom stereocenters. The van der Waals surface area contributed by atoms with Gasteiger partial charge in [-0.05, 0) is 35.9 Å². The van der Waals surface area contributed by atoms with E-state index in [9.17, 15) is 9.59 Å². The number of carbonyl (C=O) groups is 2. The van der Waals surface area contributed by atoms with Crippen molar-refractivity contribution in [1.82, 2.24) is 5.32 Å². The summed E-state index contributed by atoms with van der Waals surface area (Å²) >= 11 is 11.8. The van der Waals surface area contributed by atoms with Gasteiger partial charge in [0, 0.05) is 22.2 Å². The molecule has 8 heteroatoms. The van der Waals surface area contributed by atoms with Gasteiger partial charge in [0.2, 0.25) is 0 Å². The van der Waals surface area contributed by atoms with E-state index in [1.54, 1.807) is 24.3 Å². The number of rotatable bonds is 7. The number of nitrogens with one attached hydrogen (secondary N) is 1. The van der Waals surface area contributed by atoms with Gasteiger partial charge in [-0.15, -0.1) is 0 Å². The van der Waals surface area contributed by atoms with Crippen molar-refractivity contribution in [1.29, 1.82) is 0 Å². The Morgan fingerprint density at radius 3 is 2.36 bits per heavy atom. The fourth-order valence-electron chi connectivity index (χ4n) is 2.06. The Morgan fingerprint density at radius 1 is 1.08 bits per heavy atom. The summed E-state index contributed by atoms with van der Waals surface area (Å²) in [6.07, 6.45) is 0. The number of halogens is 2. The summed E-state index contributed by atoms with van der Waals surface area (Å²) in [5, 5.41) is 3.53. The number of hydrogen-bond donors (Lipinski definition) is 2. The molecular formula is C17H16Cl2N2O4. The molecule has 2 amide bonds. The smallest absolute Gasteiger partial charge is 0.255 e. The molecule has 3 N–H and O–H groups in total. The van der Waals surface area contributed by atoms with Gasteiger partial charge in [-0.25, -0.2) is 0 Å². The molecule has 6 nitrogen and oxygen atoms in total. The molecule has 0 radical (unpaired) electrons. The van der Waals surface area contributed by atoms with Crippen molar-refractivity contribution in [3.8, 4) is 11.5 Å². The normalized spacial score (nSPS) is 10.2. The van der Waals surface area contributed by atoms with Crippen molar-refractivity contribution in [3.63, 3.8) is 0 Å². The van der Waals surface area contributed by atoms with Crippen LogP contribution >= 0.6 is 23.2 Å². The minimum atomic E-state index is -0.585. The monoisotopic (exact) mass is 382 g/mol. The molecule has 0 atom stereocenters. The van der Waals surface area contributed by atoms with Crippen LogP contribution in [0.2, 0.25) is 10.0 Å². The summed E-state index contributed by atoms with van der Waals surface area (Å²) in [5.74, 6) is -0.0761. The summed E-state index contributed by atoms with van der Waals surface area (Å²) in [6, 6.07) is 9.69. The van der Waals surface area contributed by atoms with Gasteiger partial charge in [0.05, 0.1) is 7.11 Å². The first-order valence-corrected chi connectivity index (χ1v) is 7.97. The Kier molecular flexibility index (Phi) is 6.50. The van der Waals surface area contributed by atoms with Gasteiger partial charge in [-0.3, -0.25) is 9.59 Å². The number of amides is 2. The zero-order valence-electron chi connectivity index (χ0n) is 13.3. The van der Waals surface area contributed by atoms with Gasteiger partial charge in [-0.1, -0.05) is 29.3 Å². The molecule has 0 aliphatic rings. The molecule has 2 aromatic rings. The van der Waals surface area contributed by atoms with Crippen molar-refractivity contribution >= 4 is 35.0 Å². The maximum absolute atomic E-state index is 12.2. The molecule has 132 valence electrons. The SMILES string of the molecule is COc1cc(CNC(=O)c2cc(Cl)cc(Cl)c2)ccc1OCC(N)=O. The molecule has 25 heavy (non-hydrogen) atoms. The highest BCUT2D eigenvalue weighted by Crippen LogP contribution is 2.28. The van der Waals surface area contributed by atoms with E-state index in [4.69, 9.17) is 38.4 Å². The first-order valence-electron chi connectivity index (χ1n) is 7.21. The third kappa shape index (κ3) is 5.55. The standard InChI is InChI=1S/C17H16Cl2N2O4/c1-24-15-4-10(2-3-14(15)25-9-16(20)22)8-21-17(23)11-5-12(18)7-13(19)6-11/h2-7H,8-9H2,1H3,(H2,20,22)(H,21,23). The van der Waals surface area contributed by atoms with E-state index < -0.39 is 5.91 Å². The van der Waals surface area contributed by atoms with E-state index in [1.165, 1.54) is 19.2 Å². The largest absolute Gasteiger partial charge is 0.493 e. The highest BCUT2D eigenvalue weighted by molar-refractivity contribution is 6.35. The first kappa shape index (κ1) is 18.9. The zero-order chi connectivity index (χ0) is 18.4. The van der Waals surface area contributed by atoms with Crippen molar-refractivity contribution in [3.05, 3.63) is 57.6 Å². The Morgan fingerprint density at radius 2 is 1.76 bits per heavy atom. The molecule has 0 saturated carbocycles.